The van der Waals surface area contributed by atoms with Gasteiger partial charge in [0.15, 0.2) is 10.7 Å². The Labute approximate surface area is 62.3 Å². The van der Waals surface area contributed by atoms with E-state index in [2.05, 4.69) is 0 Å². The molecule has 0 spiro atoms. The van der Waals surface area contributed by atoms with Gasteiger partial charge >= 0.3 is 0 Å². The SMILES string of the molecule is CC(C)(F)CC[S+]([O-])Cl. The van der Waals surface area contributed by atoms with Crippen molar-refractivity contribution in [1.82, 2.24) is 0 Å². The molecule has 0 aliphatic rings. The molecule has 1 nitrogen and oxygen atoms in total. The normalized spacial score (nSPS) is 15.7. The molecule has 0 radical (unpaired) electrons. The van der Waals surface area contributed by atoms with Gasteiger partial charge in [-0.05, 0) is 13.8 Å². The maximum absolute atomic E-state index is 12.6. The van der Waals surface area contributed by atoms with Gasteiger partial charge < -0.3 is 4.55 Å². The molecule has 0 amide bonds. The molecular formula is C5H10ClFOS. The van der Waals surface area contributed by atoms with Gasteiger partial charge in [-0.3, -0.25) is 0 Å². The number of rotatable bonds is 3. The zero-order valence-electron chi connectivity index (χ0n) is 5.49. The molecule has 0 aliphatic carbocycles. The molecule has 56 valence electrons. The topological polar surface area (TPSA) is 23.1 Å². The Balaban J connectivity index is 3.28. The van der Waals surface area contributed by atoms with Gasteiger partial charge in [0.1, 0.15) is 11.4 Å². The molecule has 0 aromatic heterocycles. The highest BCUT2D eigenvalue weighted by Gasteiger charge is 2.18. The fourth-order valence-corrected chi connectivity index (χ4v) is 1.20. The summed E-state index contributed by atoms with van der Waals surface area (Å²) in [5.41, 5.74) is -1.25. The molecule has 0 rings (SSSR count). The number of halogens is 2. The lowest BCUT2D eigenvalue weighted by Gasteiger charge is -2.11. The van der Waals surface area contributed by atoms with E-state index in [0.29, 0.717) is 0 Å². The second-order valence-corrected chi connectivity index (χ2v) is 4.48. The lowest BCUT2D eigenvalue weighted by atomic mass is 10.1. The Morgan fingerprint density at radius 2 is 2.11 bits per heavy atom. The second kappa shape index (κ2) is 3.64. The van der Waals surface area contributed by atoms with Crippen LogP contribution in [0, 0.1) is 0 Å². The van der Waals surface area contributed by atoms with E-state index in [0.717, 1.165) is 0 Å². The lowest BCUT2D eigenvalue weighted by molar-refractivity contribution is 0.211. The highest BCUT2D eigenvalue weighted by atomic mass is 35.7. The molecule has 0 saturated carbocycles. The monoisotopic (exact) mass is 172 g/mol. The summed E-state index contributed by atoms with van der Waals surface area (Å²) in [5.74, 6) is 0.227. The molecule has 9 heavy (non-hydrogen) atoms. The van der Waals surface area contributed by atoms with Crippen LogP contribution in [0.5, 0.6) is 0 Å². The van der Waals surface area contributed by atoms with E-state index in [9.17, 15) is 8.94 Å². The van der Waals surface area contributed by atoms with Gasteiger partial charge in [-0.1, -0.05) is 0 Å². The molecule has 0 N–H and O–H groups in total. The number of hydrogen-bond acceptors (Lipinski definition) is 1. The molecule has 4 heteroatoms. The van der Waals surface area contributed by atoms with E-state index in [1.54, 1.807) is 0 Å². The smallest absolute Gasteiger partial charge is 0.174 e. The molecule has 0 bridgehead atoms. The van der Waals surface area contributed by atoms with Crippen molar-refractivity contribution >= 4 is 21.1 Å². The van der Waals surface area contributed by atoms with E-state index in [4.69, 9.17) is 10.7 Å². The van der Waals surface area contributed by atoms with Gasteiger partial charge in [-0.2, -0.15) is 0 Å². The van der Waals surface area contributed by atoms with Crippen molar-refractivity contribution in [2.45, 2.75) is 25.9 Å². The molecule has 1 unspecified atom stereocenters. The Morgan fingerprint density at radius 1 is 1.67 bits per heavy atom. The van der Waals surface area contributed by atoms with Crippen molar-refractivity contribution in [2.24, 2.45) is 0 Å². The summed E-state index contributed by atoms with van der Waals surface area (Å²) in [4.78, 5) is 0. The molecule has 0 saturated heterocycles. The fourth-order valence-electron chi connectivity index (χ4n) is 0.323. The zero-order chi connectivity index (χ0) is 7.49. The van der Waals surface area contributed by atoms with Crippen LogP contribution >= 0.6 is 10.7 Å². The highest BCUT2D eigenvalue weighted by Crippen LogP contribution is 2.15. The largest absolute Gasteiger partial charge is 0.599 e. The fraction of sp³-hybridized carbons (Fsp3) is 1.00. The van der Waals surface area contributed by atoms with E-state index in [1.165, 1.54) is 13.8 Å². The van der Waals surface area contributed by atoms with Gasteiger partial charge in [0.25, 0.3) is 0 Å². The highest BCUT2D eigenvalue weighted by molar-refractivity contribution is 8.13. The predicted molar refractivity (Wildman–Crippen MR) is 38.7 cm³/mol. The van der Waals surface area contributed by atoms with Crippen LogP contribution < -0.4 is 0 Å². The Hall–Kier alpha value is 0.530. The van der Waals surface area contributed by atoms with Gasteiger partial charge in [-0.25, -0.2) is 4.39 Å². The first kappa shape index (κ1) is 9.53. The Morgan fingerprint density at radius 3 is 2.22 bits per heavy atom. The summed E-state index contributed by atoms with van der Waals surface area (Å²) < 4.78 is 22.8. The summed E-state index contributed by atoms with van der Waals surface area (Å²) >= 11 is 0. The van der Waals surface area contributed by atoms with Crippen molar-refractivity contribution < 1.29 is 8.94 Å². The van der Waals surface area contributed by atoms with E-state index in [-0.39, 0.29) is 12.2 Å². The van der Waals surface area contributed by atoms with Crippen LogP contribution in [0.4, 0.5) is 4.39 Å². The third-order valence-electron chi connectivity index (χ3n) is 0.857. The van der Waals surface area contributed by atoms with Crippen molar-refractivity contribution in [3.8, 4) is 0 Å². The molecular weight excluding hydrogens is 163 g/mol. The van der Waals surface area contributed by atoms with Crippen LogP contribution in [0.2, 0.25) is 0 Å². The maximum atomic E-state index is 12.6. The van der Waals surface area contributed by atoms with E-state index < -0.39 is 16.1 Å². The van der Waals surface area contributed by atoms with E-state index >= 15 is 0 Å². The second-order valence-electron chi connectivity index (χ2n) is 2.46. The lowest BCUT2D eigenvalue weighted by Crippen LogP contribution is -2.16. The van der Waals surface area contributed by atoms with Crippen LogP contribution in [-0.2, 0) is 10.4 Å². The first-order chi connectivity index (χ1) is 3.92. The minimum Gasteiger partial charge on any atom is -0.599 e. The molecule has 0 aliphatic heterocycles. The molecule has 1 atom stereocenters. The van der Waals surface area contributed by atoms with Crippen molar-refractivity contribution in [3.63, 3.8) is 0 Å². The van der Waals surface area contributed by atoms with Crippen molar-refractivity contribution in [1.29, 1.82) is 0 Å². The first-order valence-corrected chi connectivity index (χ1v) is 4.80. The molecule has 0 heterocycles. The minimum atomic E-state index is -1.38. The summed E-state index contributed by atoms with van der Waals surface area (Å²) in [7, 11) is 3.71. The van der Waals surface area contributed by atoms with Crippen LogP contribution in [-0.4, -0.2) is 16.0 Å². The standard InChI is InChI=1S/C5H10ClFOS/c1-5(2,7)3-4-9(6)8/h3-4H2,1-2H3. The Bertz CT molecular complexity index is 81.5. The van der Waals surface area contributed by atoms with Gasteiger partial charge in [-0.15, -0.1) is 0 Å². The summed E-state index contributed by atoms with van der Waals surface area (Å²) in [6, 6.07) is 0. The summed E-state index contributed by atoms with van der Waals surface area (Å²) in [6.45, 7) is 2.88. The van der Waals surface area contributed by atoms with Crippen LogP contribution in [0.1, 0.15) is 20.3 Å². The molecule has 0 aromatic carbocycles. The van der Waals surface area contributed by atoms with Crippen molar-refractivity contribution in [3.05, 3.63) is 0 Å². The van der Waals surface area contributed by atoms with E-state index in [1.807, 2.05) is 0 Å². The zero-order valence-corrected chi connectivity index (χ0v) is 7.06. The van der Waals surface area contributed by atoms with Crippen LogP contribution in [0.25, 0.3) is 0 Å². The maximum Gasteiger partial charge on any atom is 0.174 e. The molecule has 0 fully saturated rings. The number of alkyl halides is 1. The first-order valence-electron chi connectivity index (χ1n) is 2.65. The van der Waals surface area contributed by atoms with Gasteiger partial charge in [0.2, 0.25) is 0 Å². The van der Waals surface area contributed by atoms with Crippen LogP contribution in [0.3, 0.4) is 0 Å². The average molecular weight is 173 g/mol. The average Bonchev–Trinajstić information content (AvgIpc) is 1.59. The summed E-state index contributed by atoms with van der Waals surface area (Å²) in [5, 5.41) is 0. The molecule has 0 aromatic rings. The quantitative estimate of drug-likeness (QED) is 0.598. The summed E-state index contributed by atoms with van der Waals surface area (Å²) in [6.07, 6.45) is 0.253. The van der Waals surface area contributed by atoms with Gasteiger partial charge in [0.05, 0.1) is 10.4 Å². The number of hydrogen-bond donors (Lipinski definition) is 0. The Kier molecular flexibility index (Phi) is 3.85. The minimum absolute atomic E-state index is 0.227. The van der Waals surface area contributed by atoms with Crippen LogP contribution in [0.15, 0.2) is 0 Å². The third kappa shape index (κ3) is 8.53. The van der Waals surface area contributed by atoms with Gasteiger partial charge in [0, 0.05) is 6.42 Å². The predicted octanol–water partition coefficient (Wildman–Crippen LogP) is 2.03. The van der Waals surface area contributed by atoms with Crippen molar-refractivity contribution in [2.75, 3.05) is 5.75 Å². The third-order valence-corrected chi connectivity index (χ3v) is 1.85.